The minimum Gasteiger partial charge on any atom is -0.457 e. The van der Waals surface area contributed by atoms with E-state index in [0.717, 1.165) is 45.4 Å². The van der Waals surface area contributed by atoms with Crippen molar-refractivity contribution in [2.24, 2.45) is 0 Å². The van der Waals surface area contributed by atoms with E-state index in [1.54, 1.807) is 0 Å². The summed E-state index contributed by atoms with van der Waals surface area (Å²) in [6.45, 7) is 13.3. The number of benzene rings is 4. The van der Waals surface area contributed by atoms with Gasteiger partial charge in [-0.05, 0) is 97.3 Å². The maximum atomic E-state index is 6.60. The second-order valence-electron chi connectivity index (χ2n) is 13.7. The number of pyridine rings is 1. The molecule has 1 unspecified atom stereocenters. The molecule has 0 saturated carbocycles. The lowest BCUT2D eigenvalue weighted by Crippen LogP contribution is -2.00. The normalized spacial score (nSPS) is 12.3. The van der Waals surface area contributed by atoms with Crippen LogP contribution in [0.2, 0.25) is 0 Å². The average molecular weight is 647 g/mol. The summed E-state index contributed by atoms with van der Waals surface area (Å²) in [5, 5.41) is 7.38. The van der Waals surface area contributed by atoms with Crippen molar-refractivity contribution in [1.29, 1.82) is 0 Å². The van der Waals surface area contributed by atoms with Crippen LogP contribution in [0.5, 0.6) is 11.5 Å². The Morgan fingerprint density at radius 3 is 2.33 bits per heavy atom. The molecule has 0 aliphatic carbocycles. The number of ether oxygens (including phenoxy) is 1. The molecule has 3 aromatic heterocycles. The van der Waals surface area contributed by atoms with Crippen LogP contribution in [0.25, 0.3) is 44.4 Å². The Kier molecular flexibility index (Phi) is 9.09. The summed E-state index contributed by atoms with van der Waals surface area (Å²) >= 11 is 0. The molecule has 0 amide bonds. The smallest absolute Gasteiger partial charge is 0.137 e. The van der Waals surface area contributed by atoms with Crippen molar-refractivity contribution in [2.75, 3.05) is 0 Å². The quantitative estimate of drug-likeness (QED) is 0.131. The molecular formula is C44H46N4O. The Balaban J connectivity index is 1.29. The maximum absolute atomic E-state index is 6.60. The molecule has 5 heteroatoms. The second-order valence-corrected chi connectivity index (χ2v) is 13.7. The molecule has 7 rings (SSSR count). The Morgan fingerprint density at radius 1 is 0.714 bits per heavy atom. The molecule has 3 heterocycles. The third kappa shape index (κ3) is 6.38. The number of nitrogens with zero attached hydrogens (tertiary/aromatic N) is 4. The van der Waals surface area contributed by atoms with Crippen molar-refractivity contribution in [2.45, 2.75) is 79.1 Å². The molecule has 0 spiro atoms. The Hall–Kier alpha value is -5.16. The van der Waals surface area contributed by atoms with Crippen LogP contribution >= 0.6 is 0 Å². The van der Waals surface area contributed by atoms with Gasteiger partial charge in [-0.15, -0.1) is 0 Å². The van der Waals surface area contributed by atoms with Crippen LogP contribution in [0.3, 0.4) is 0 Å². The fraction of sp³-hybridized carbons (Fsp3) is 0.273. The average Bonchev–Trinajstić information content (AvgIpc) is 3.60. The Bertz CT molecular complexity index is 2240. The van der Waals surface area contributed by atoms with Gasteiger partial charge in [0.25, 0.3) is 0 Å². The topological polar surface area (TPSA) is 44.9 Å². The number of rotatable bonds is 11. The number of aryl methyl sites for hydroxylation is 1. The van der Waals surface area contributed by atoms with Gasteiger partial charge in [0, 0.05) is 40.4 Å². The highest BCUT2D eigenvalue weighted by Crippen LogP contribution is 2.38. The summed E-state index contributed by atoms with van der Waals surface area (Å²) < 4.78 is 10.9. The zero-order valence-electron chi connectivity index (χ0n) is 29.6. The first kappa shape index (κ1) is 32.4. The first-order valence-corrected chi connectivity index (χ1v) is 17.8. The lowest BCUT2D eigenvalue weighted by molar-refractivity contribution is 0.482. The van der Waals surface area contributed by atoms with Crippen LogP contribution in [0.4, 0.5) is 0 Å². The van der Waals surface area contributed by atoms with Gasteiger partial charge in [-0.1, -0.05) is 89.4 Å². The van der Waals surface area contributed by atoms with Gasteiger partial charge < -0.3 is 4.74 Å². The number of unbranched alkanes of at least 4 members (excludes halogenated alkanes) is 2. The van der Waals surface area contributed by atoms with Crippen molar-refractivity contribution in [3.05, 3.63) is 132 Å². The predicted molar refractivity (Wildman–Crippen MR) is 204 cm³/mol. The lowest BCUT2D eigenvalue weighted by atomic mass is 9.94. The second kappa shape index (κ2) is 13.8. The van der Waals surface area contributed by atoms with Crippen LogP contribution in [0.15, 0.2) is 109 Å². The summed E-state index contributed by atoms with van der Waals surface area (Å²) in [4.78, 5) is 4.88. The summed E-state index contributed by atoms with van der Waals surface area (Å²) in [5.41, 5.74) is 10.3. The molecule has 248 valence electrons. The van der Waals surface area contributed by atoms with E-state index < -0.39 is 0 Å². The number of aromatic nitrogens is 4. The molecule has 0 saturated heterocycles. The molecule has 0 aliphatic heterocycles. The largest absolute Gasteiger partial charge is 0.457 e. The monoisotopic (exact) mass is 646 g/mol. The predicted octanol–water partition coefficient (Wildman–Crippen LogP) is 12.2. The van der Waals surface area contributed by atoms with E-state index in [4.69, 9.17) is 14.8 Å². The van der Waals surface area contributed by atoms with Crippen molar-refractivity contribution in [3.8, 4) is 34.1 Å². The fourth-order valence-corrected chi connectivity index (χ4v) is 7.15. The van der Waals surface area contributed by atoms with E-state index in [1.807, 2.05) is 29.1 Å². The number of hydrogen-bond acceptors (Lipinski definition) is 3. The van der Waals surface area contributed by atoms with Gasteiger partial charge in [0.2, 0.25) is 0 Å². The van der Waals surface area contributed by atoms with Gasteiger partial charge in [-0.25, -0.2) is 9.67 Å². The van der Waals surface area contributed by atoms with E-state index >= 15 is 0 Å². The molecule has 0 fully saturated rings. The molecule has 0 aliphatic rings. The molecule has 0 N–H and O–H groups in total. The van der Waals surface area contributed by atoms with Gasteiger partial charge in [-0.3, -0.25) is 4.57 Å². The maximum Gasteiger partial charge on any atom is 0.137 e. The summed E-state index contributed by atoms with van der Waals surface area (Å²) in [7, 11) is 0. The molecule has 1 atom stereocenters. The molecular weight excluding hydrogens is 601 g/mol. The molecule has 49 heavy (non-hydrogen) atoms. The minimum absolute atomic E-state index is 0.405. The van der Waals surface area contributed by atoms with E-state index in [-0.39, 0.29) is 0 Å². The zero-order valence-corrected chi connectivity index (χ0v) is 29.6. The van der Waals surface area contributed by atoms with Gasteiger partial charge in [0.1, 0.15) is 17.3 Å². The Morgan fingerprint density at radius 2 is 1.53 bits per heavy atom. The third-order valence-corrected chi connectivity index (χ3v) is 9.89. The highest BCUT2D eigenvalue weighted by atomic mass is 16.5. The number of fused-ring (bicyclic) bond motifs is 3. The third-order valence-electron chi connectivity index (χ3n) is 9.89. The minimum atomic E-state index is 0.405. The number of hydrogen-bond donors (Lipinski definition) is 0. The van der Waals surface area contributed by atoms with Gasteiger partial charge >= 0.3 is 0 Å². The highest BCUT2D eigenvalue weighted by molar-refractivity contribution is 6.09. The Labute approximate surface area is 290 Å². The standard InChI is InChI=1S/C44H46N4O/c1-7-8-10-14-30(4)35-19-22-41-40(25-35)39-21-20-38(28-42(39)47(41)43-26-34(29(2)3)23-24-45-43)49-37-18-13-17-36(27-37)48-32(6)44(31(5)46-48)33-15-11-9-12-16-33/h9,11-13,15-30H,7-8,10,14H2,1-6H3. The lowest BCUT2D eigenvalue weighted by Gasteiger charge is -2.13. The fourth-order valence-electron chi connectivity index (χ4n) is 7.15. The van der Waals surface area contributed by atoms with E-state index in [2.05, 4.69) is 131 Å². The van der Waals surface area contributed by atoms with Crippen molar-refractivity contribution >= 4 is 21.8 Å². The van der Waals surface area contributed by atoms with Crippen LogP contribution in [-0.2, 0) is 0 Å². The first-order chi connectivity index (χ1) is 23.8. The van der Waals surface area contributed by atoms with Crippen LogP contribution in [0.1, 0.15) is 87.7 Å². The SMILES string of the molecule is CCCCCC(C)c1ccc2c(c1)c1ccc(Oc3cccc(-n4nc(C)c(-c5ccccc5)c4C)c3)cc1n2-c1cc(C(C)C)ccn1. The molecule has 4 aromatic carbocycles. The van der Waals surface area contributed by atoms with E-state index in [9.17, 15) is 0 Å². The van der Waals surface area contributed by atoms with Crippen LogP contribution in [0, 0.1) is 13.8 Å². The van der Waals surface area contributed by atoms with Crippen molar-refractivity contribution in [1.82, 2.24) is 19.3 Å². The molecule has 5 nitrogen and oxygen atoms in total. The zero-order chi connectivity index (χ0) is 34.1. The van der Waals surface area contributed by atoms with Crippen LogP contribution in [-0.4, -0.2) is 19.3 Å². The summed E-state index contributed by atoms with van der Waals surface area (Å²) in [5.74, 6) is 3.38. The van der Waals surface area contributed by atoms with E-state index in [0.29, 0.717) is 11.8 Å². The molecule has 0 radical (unpaired) electrons. The first-order valence-electron chi connectivity index (χ1n) is 17.8. The summed E-state index contributed by atoms with van der Waals surface area (Å²) in [6.07, 6.45) is 6.93. The molecule has 7 aromatic rings. The van der Waals surface area contributed by atoms with E-state index in [1.165, 1.54) is 58.7 Å². The van der Waals surface area contributed by atoms with Crippen molar-refractivity contribution in [3.63, 3.8) is 0 Å². The molecule has 0 bridgehead atoms. The van der Waals surface area contributed by atoms with Crippen LogP contribution < -0.4 is 4.74 Å². The van der Waals surface area contributed by atoms with Gasteiger partial charge in [-0.2, -0.15) is 5.10 Å². The van der Waals surface area contributed by atoms with Gasteiger partial charge in [0.15, 0.2) is 0 Å². The summed E-state index contributed by atoms with van der Waals surface area (Å²) in [6, 6.07) is 36.4. The van der Waals surface area contributed by atoms with Gasteiger partial charge in [0.05, 0.1) is 22.4 Å². The van der Waals surface area contributed by atoms with Crippen molar-refractivity contribution < 1.29 is 4.74 Å². The highest BCUT2D eigenvalue weighted by Gasteiger charge is 2.18.